The van der Waals surface area contributed by atoms with Crippen molar-refractivity contribution < 1.29 is 9.59 Å². The lowest BCUT2D eigenvalue weighted by Crippen LogP contribution is -2.53. The van der Waals surface area contributed by atoms with Gasteiger partial charge in [0.1, 0.15) is 6.04 Å². The molecule has 1 N–H and O–H groups in total. The number of fused-ring (bicyclic) bond motifs is 1. The predicted octanol–water partition coefficient (Wildman–Crippen LogP) is 2.45. The fourth-order valence-electron chi connectivity index (χ4n) is 4.17. The Hall–Kier alpha value is -2.66. The number of nitrogens with one attached hydrogen (secondary N) is 1. The lowest BCUT2D eigenvalue weighted by Gasteiger charge is -2.37. The number of hydrogen-bond acceptors (Lipinski definition) is 3. The van der Waals surface area contributed by atoms with Crippen LogP contribution in [0.5, 0.6) is 0 Å². The third-order valence-corrected chi connectivity index (χ3v) is 5.54. The first kappa shape index (κ1) is 17.7. The van der Waals surface area contributed by atoms with Gasteiger partial charge in [-0.05, 0) is 42.5 Å². The Balaban J connectivity index is 1.58. The smallest absolute Gasteiger partial charge is 0.242 e. The highest BCUT2D eigenvalue weighted by atomic mass is 16.2. The van der Waals surface area contributed by atoms with E-state index < -0.39 is 6.04 Å². The maximum atomic E-state index is 13.2. The molecule has 0 aromatic heterocycles. The molecule has 1 unspecified atom stereocenters. The lowest BCUT2D eigenvalue weighted by molar-refractivity contribution is -0.131. The summed E-state index contributed by atoms with van der Waals surface area (Å²) < 4.78 is 0. The summed E-state index contributed by atoms with van der Waals surface area (Å²) in [6, 6.07) is 15.6. The van der Waals surface area contributed by atoms with E-state index in [1.54, 1.807) is 0 Å². The van der Waals surface area contributed by atoms with Gasteiger partial charge in [0.2, 0.25) is 11.8 Å². The highest BCUT2D eigenvalue weighted by Crippen LogP contribution is 2.29. The Morgan fingerprint density at radius 2 is 1.89 bits per heavy atom. The van der Waals surface area contributed by atoms with Gasteiger partial charge in [0.15, 0.2) is 0 Å². The van der Waals surface area contributed by atoms with E-state index in [2.05, 4.69) is 11.4 Å². The lowest BCUT2D eigenvalue weighted by atomic mass is 9.97. The molecule has 2 heterocycles. The summed E-state index contributed by atoms with van der Waals surface area (Å²) >= 11 is 0. The standard InChI is InChI=1S/C22H25N3O2/c1-16-7-2-4-10-18(16)21-22(27)23-12-14-24(21)15-20(26)25-13-6-9-17-8-3-5-11-19(17)25/h2-5,7-8,10-11,21H,6,9,12-15H2,1H3,(H,23,27). The predicted molar refractivity (Wildman–Crippen MR) is 106 cm³/mol. The van der Waals surface area contributed by atoms with Crippen LogP contribution in [0.4, 0.5) is 5.69 Å². The van der Waals surface area contributed by atoms with E-state index in [1.807, 2.05) is 59.2 Å². The monoisotopic (exact) mass is 363 g/mol. The summed E-state index contributed by atoms with van der Waals surface area (Å²) in [5.41, 5.74) is 4.29. The summed E-state index contributed by atoms with van der Waals surface area (Å²) in [6.45, 7) is 4.25. The van der Waals surface area contributed by atoms with Gasteiger partial charge < -0.3 is 10.2 Å². The molecule has 0 aliphatic carbocycles. The van der Waals surface area contributed by atoms with E-state index in [4.69, 9.17) is 0 Å². The van der Waals surface area contributed by atoms with Crippen LogP contribution in [0, 0.1) is 6.92 Å². The van der Waals surface area contributed by atoms with Gasteiger partial charge in [-0.1, -0.05) is 42.5 Å². The maximum Gasteiger partial charge on any atom is 0.242 e. The number of nitrogens with zero attached hydrogens (tertiary/aromatic N) is 2. The van der Waals surface area contributed by atoms with Gasteiger partial charge in [-0.25, -0.2) is 0 Å². The van der Waals surface area contributed by atoms with Crippen LogP contribution in [0.15, 0.2) is 48.5 Å². The number of carbonyl (C=O) groups excluding carboxylic acids is 2. The van der Waals surface area contributed by atoms with Crippen LogP contribution in [0.1, 0.15) is 29.2 Å². The number of para-hydroxylation sites is 1. The number of hydrogen-bond donors (Lipinski definition) is 1. The molecule has 0 bridgehead atoms. The Labute approximate surface area is 160 Å². The molecule has 27 heavy (non-hydrogen) atoms. The van der Waals surface area contributed by atoms with Gasteiger partial charge in [0.25, 0.3) is 0 Å². The molecular weight excluding hydrogens is 338 g/mol. The summed E-state index contributed by atoms with van der Waals surface area (Å²) in [6.07, 6.45) is 1.99. The molecule has 2 aromatic rings. The quantitative estimate of drug-likeness (QED) is 0.911. The first-order valence-corrected chi connectivity index (χ1v) is 9.61. The number of aryl methyl sites for hydroxylation is 2. The minimum absolute atomic E-state index is 0.0256. The Kier molecular flexibility index (Phi) is 4.94. The molecule has 5 heteroatoms. The van der Waals surface area contributed by atoms with Crippen molar-refractivity contribution in [2.24, 2.45) is 0 Å². The zero-order chi connectivity index (χ0) is 18.8. The normalized spacial score (nSPS) is 20.1. The highest BCUT2D eigenvalue weighted by molar-refractivity contribution is 5.96. The van der Waals surface area contributed by atoms with E-state index in [1.165, 1.54) is 5.56 Å². The van der Waals surface area contributed by atoms with E-state index in [0.717, 1.165) is 36.2 Å². The van der Waals surface area contributed by atoms with Gasteiger partial charge in [-0.15, -0.1) is 0 Å². The summed E-state index contributed by atoms with van der Waals surface area (Å²) in [7, 11) is 0. The Morgan fingerprint density at radius 1 is 1.11 bits per heavy atom. The number of carbonyl (C=O) groups is 2. The molecular formula is C22H25N3O2. The Morgan fingerprint density at radius 3 is 2.74 bits per heavy atom. The largest absolute Gasteiger partial charge is 0.353 e. The second kappa shape index (κ2) is 7.53. The summed E-state index contributed by atoms with van der Waals surface area (Å²) in [5, 5.41) is 2.95. The first-order valence-electron chi connectivity index (χ1n) is 9.61. The molecule has 1 atom stereocenters. The molecule has 0 spiro atoms. The van der Waals surface area contributed by atoms with Gasteiger partial charge >= 0.3 is 0 Å². The molecule has 2 aliphatic heterocycles. The third-order valence-electron chi connectivity index (χ3n) is 5.54. The van der Waals surface area contributed by atoms with Crippen LogP contribution in [0.3, 0.4) is 0 Å². The SMILES string of the molecule is Cc1ccccc1C1C(=O)NCCN1CC(=O)N1CCCc2ccccc21. The molecule has 0 radical (unpaired) electrons. The second-order valence-corrected chi connectivity index (χ2v) is 7.30. The van der Waals surface area contributed by atoms with Crippen molar-refractivity contribution >= 4 is 17.5 Å². The fraction of sp³-hybridized carbons (Fsp3) is 0.364. The molecule has 2 amide bonds. The van der Waals surface area contributed by atoms with Gasteiger partial charge in [0, 0.05) is 25.3 Å². The molecule has 4 rings (SSSR count). The van der Waals surface area contributed by atoms with E-state index in [9.17, 15) is 9.59 Å². The number of rotatable bonds is 3. The van der Waals surface area contributed by atoms with Crippen LogP contribution < -0.4 is 10.2 Å². The summed E-state index contributed by atoms with van der Waals surface area (Å²) in [4.78, 5) is 29.7. The van der Waals surface area contributed by atoms with Crippen LogP contribution in [0.2, 0.25) is 0 Å². The number of benzene rings is 2. The van der Waals surface area contributed by atoms with E-state index in [0.29, 0.717) is 13.1 Å². The summed E-state index contributed by atoms with van der Waals surface area (Å²) in [5.74, 6) is 0.0397. The minimum Gasteiger partial charge on any atom is -0.353 e. The average Bonchev–Trinajstić information content (AvgIpc) is 2.68. The highest BCUT2D eigenvalue weighted by Gasteiger charge is 2.34. The third kappa shape index (κ3) is 3.47. The van der Waals surface area contributed by atoms with Crippen molar-refractivity contribution in [2.45, 2.75) is 25.8 Å². The molecule has 5 nitrogen and oxygen atoms in total. The molecule has 2 aromatic carbocycles. The van der Waals surface area contributed by atoms with Crippen LogP contribution >= 0.6 is 0 Å². The molecule has 1 saturated heterocycles. The van der Waals surface area contributed by atoms with Crippen molar-refractivity contribution in [3.05, 3.63) is 65.2 Å². The number of anilines is 1. The van der Waals surface area contributed by atoms with Gasteiger partial charge in [0.05, 0.1) is 6.54 Å². The average molecular weight is 363 g/mol. The topological polar surface area (TPSA) is 52.7 Å². The van der Waals surface area contributed by atoms with E-state index in [-0.39, 0.29) is 18.4 Å². The van der Waals surface area contributed by atoms with Crippen LogP contribution in [-0.4, -0.2) is 42.9 Å². The van der Waals surface area contributed by atoms with Crippen molar-refractivity contribution in [1.29, 1.82) is 0 Å². The fourth-order valence-corrected chi connectivity index (χ4v) is 4.17. The minimum atomic E-state index is -0.413. The van der Waals surface area contributed by atoms with Crippen molar-refractivity contribution in [3.8, 4) is 0 Å². The maximum absolute atomic E-state index is 13.2. The van der Waals surface area contributed by atoms with Gasteiger partial charge in [-0.2, -0.15) is 0 Å². The molecule has 1 fully saturated rings. The first-order chi connectivity index (χ1) is 13.1. The van der Waals surface area contributed by atoms with Gasteiger partial charge in [-0.3, -0.25) is 14.5 Å². The zero-order valence-corrected chi connectivity index (χ0v) is 15.6. The van der Waals surface area contributed by atoms with Crippen molar-refractivity contribution in [3.63, 3.8) is 0 Å². The Bertz CT molecular complexity index is 864. The van der Waals surface area contributed by atoms with Crippen LogP contribution in [0.25, 0.3) is 0 Å². The molecule has 2 aliphatic rings. The van der Waals surface area contributed by atoms with Crippen molar-refractivity contribution in [1.82, 2.24) is 10.2 Å². The van der Waals surface area contributed by atoms with Crippen LogP contribution in [-0.2, 0) is 16.0 Å². The second-order valence-electron chi connectivity index (χ2n) is 7.30. The van der Waals surface area contributed by atoms with E-state index >= 15 is 0 Å². The number of amides is 2. The molecule has 0 saturated carbocycles. The number of piperazine rings is 1. The molecule has 140 valence electrons. The van der Waals surface area contributed by atoms with Crippen molar-refractivity contribution in [2.75, 3.05) is 31.1 Å². The zero-order valence-electron chi connectivity index (χ0n) is 15.6.